The molecule has 2 unspecified atom stereocenters. The van der Waals surface area contributed by atoms with E-state index in [9.17, 15) is 8.42 Å². The Morgan fingerprint density at radius 3 is 2.64 bits per heavy atom. The van der Waals surface area contributed by atoms with Crippen LogP contribution in [0.3, 0.4) is 0 Å². The SMILES string of the molecule is C/C=C(\C)C[C@@](C)(N)c1cnc(-c2cc(/C=C\C3CC3C)cc(N(CCC)S(C)(=O)=O)c2)o1. The molecule has 3 atom stereocenters. The molecule has 1 aliphatic rings. The van der Waals surface area contributed by atoms with E-state index < -0.39 is 15.6 Å². The monoisotopic (exact) mass is 471 g/mol. The van der Waals surface area contributed by atoms with Crippen LogP contribution in [0, 0.1) is 11.8 Å². The minimum absolute atomic E-state index is 0.408. The molecule has 3 rings (SSSR count). The van der Waals surface area contributed by atoms with Gasteiger partial charge in [0.15, 0.2) is 0 Å². The molecule has 0 amide bonds. The van der Waals surface area contributed by atoms with Crippen LogP contribution in [0.1, 0.15) is 65.2 Å². The number of aromatic nitrogens is 1. The molecule has 33 heavy (non-hydrogen) atoms. The third-order valence-electron chi connectivity index (χ3n) is 6.22. The van der Waals surface area contributed by atoms with Crippen LogP contribution < -0.4 is 10.0 Å². The highest BCUT2D eigenvalue weighted by Gasteiger charge is 2.30. The molecule has 1 aliphatic carbocycles. The van der Waals surface area contributed by atoms with Crippen LogP contribution in [0.15, 0.2) is 46.5 Å². The molecule has 180 valence electrons. The van der Waals surface area contributed by atoms with E-state index in [0.29, 0.717) is 48.6 Å². The molecule has 0 radical (unpaired) electrons. The highest BCUT2D eigenvalue weighted by atomic mass is 32.2. The van der Waals surface area contributed by atoms with Crippen molar-refractivity contribution >= 4 is 21.8 Å². The summed E-state index contributed by atoms with van der Waals surface area (Å²) in [5.74, 6) is 2.32. The molecule has 1 saturated carbocycles. The van der Waals surface area contributed by atoms with Gasteiger partial charge in [0, 0.05) is 12.1 Å². The van der Waals surface area contributed by atoms with E-state index >= 15 is 0 Å². The molecule has 0 saturated heterocycles. The Balaban J connectivity index is 2.04. The number of allylic oxidation sites excluding steroid dienone is 2. The topological polar surface area (TPSA) is 89.4 Å². The van der Waals surface area contributed by atoms with Crippen molar-refractivity contribution in [2.45, 2.75) is 59.4 Å². The number of sulfonamides is 1. The smallest absolute Gasteiger partial charge is 0.232 e. The Morgan fingerprint density at radius 1 is 1.36 bits per heavy atom. The van der Waals surface area contributed by atoms with E-state index in [0.717, 1.165) is 11.1 Å². The van der Waals surface area contributed by atoms with Gasteiger partial charge < -0.3 is 10.2 Å². The lowest BCUT2D eigenvalue weighted by atomic mass is 9.92. The zero-order valence-corrected chi connectivity index (χ0v) is 21.4. The van der Waals surface area contributed by atoms with Crippen LogP contribution in [0.2, 0.25) is 0 Å². The average molecular weight is 472 g/mol. The van der Waals surface area contributed by atoms with Crippen LogP contribution >= 0.6 is 0 Å². The number of nitrogens with two attached hydrogens (primary N) is 1. The Kier molecular flexibility index (Phi) is 7.54. The van der Waals surface area contributed by atoms with Gasteiger partial charge in [-0.05, 0) is 75.6 Å². The first-order valence-corrected chi connectivity index (χ1v) is 13.5. The standard InChI is InChI=1S/C26H37N3O3S/c1-7-11-29(33(6,30)31)23-14-20(9-10-21-12-19(21)4)13-22(15-23)25-28-17-24(32-25)26(5,27)16-18(3)8-2/h8-10,13-15,17,19,21H,7,11-12,16,27H2,1-6H3/b10-9-,18-8+/t19?,21?,26-/m1/s1. The lowest BCUT2D eigenvalue weighted by Crippen LogP contribution is -2.32. The summed E-state index contributed by atoms with van der Waals surface area (Å²) in [5.41, 5.74) is 9.28. The number of nitrogens with zero attached hydrogens (tertiary/aromatic N) is 2. The second-order valence-corrected chi connectivity index (χ2v) is 11.6. The molecule has 1 heterocycles. The maximum atomic E-state index is 12.5. The van der Waals surface area contributed by atoms with Gasteiger partial charge in [0.2, 0.25) is 15.9 Å². The van der Waals surface area contributed by atoms with E-state index in [2.05, 4.69) is 24.1 Å². The summed E-state index contributed by atoms with van der Waals surface area (Å²) in [7, 11) is -3.43. The lowest BCUT2D eigenvalue weighted by molar-refractivity contribution is 0.370. The number of oxazole rings is 1. The summed E-state index contributed by atoms with van der Waals surface area (Å²) in [6.45, 7) is 10.6. The maximum absolute atomic E-state index is 12.5. The molecule has 1 aromatic carbocycles. The highest BCUT2D eigenvalue weighted by Crippen LogP contribution is 2.39. The van der Waals surface area contributed by atoms with Gasteiger partial charge in [0.1, 0.15) is 5.76 Å². The molecule has 0 aliphatic heterocycles. The van der Waals surface area contributed by atoms with E-state index in [1.165, 1.54) is 22.6 Å². The second kappa shape index (κ2) is 9.85. The number of rotatable bonds is 10. The fourth-order valence-electron chi connectivity index (χ4n) is 3.98. The van der Waals surface area contributed by atoms with Crippen LogP contribution in [-0.4, -0.2) is 26.2 Å². The molecule has 1 fully saturated rings. The molecular weight excluding hydrogens is 434 g/mol. The predicted octanol–water partition coefficient (Wildman–Crippen LogP) is 5.72. The van der Waals surface area contributed by atoms with Gasteiger partial charge in [-0.1, -0.05) is 37.6 Å². The highest BCUT2D eigenvalue weighted by molar-refractivity contribution is 7.92. The Hall–Kier alpha value is -2.38. The van der Waals surface area contributed by atoms with Crippen LogP contribution in [0.25, 0.3) is 17.5 Å². The van der Waals surface area contributed by atoms with Gasteiger partial charge in [-0.15, -0.1) is 0 Å². The van der Waals surface area contributed by atoms with Gasteiger partial charge in [-0.25, -0.2) is 13.4 Å². The summed E-state index contributed by atoms with van der Waals surface area (Å²) >= 11 is 0. The number of hydrogen-bond acceptors (Lipinski definition) is 5. The van der Waals surface area contributed by atoms with Crippen LogP contribution in [0.4, 0.5) is 5.69 Å². The van der Waals surface area contributed by atoms with Crippen molar-refractivity contribution < 1.29 is 12.8 Å². The summed E-state index contributed by atoms with van der Waals surface area (Å²) in [5, 5.41) is 0. The van der Waals surface area contributed by atoms with Gasteiger partial charge in [0.05, 0.1) is 23.7 Å². The van der Waals surface area contributed by atoms with Crippen molar-refractivity contribution in [3.8, 4) is 11.5 Å². The molecule has 1 aromatic heterocycles. The third-order valence-corrected chi connectivity index (χ3v) is 7.41. The maximum Gasteiger partial charge on any atom is 0.232 e. The fraction of sp³-hybridized carbons (Fsp3) is 0.500. The first kappa shape index (κ1) is 25.2. The van der Waals surface area contributed by atoms with Gasteiger partial charge >= 0.3 is 0 Å². The summed E-state index contributed by atoms with van der Waals surface area (Å²) in [6, 6.07) is 5.73. The van der Waals surface area contributed by atoms with E-state index in [-0.39, 0.29) is 0 Å². The van der Waals surface area contributed by atoms with Crippen molar-refractivity contribution in [2.24, 2.45) is 17.6 Å². The lowest BCUT2D eigenvalue weighted by Gasteiger charge is -2.23. The van der Waals surface area contributed by atoms with E-state index in [1.807, 2.05) is 52.0 Å². The molecule has 0 spiro atoms. The van der Waals surface area contributed by atoms with E-state index in [4.69, 9.17) is 10.2 Å². The minimum Gasteiger partial charge on any atom is -0.439 e. The van der Waals surface area contributed by atoms with Gasteiger partial charge in [-0.2, -0.15) is 0 Å². The largest absolute Gasteiger partial charge is 0.439 e. The van der Waals surface area contributed by atoms with Gasteiger partial charge in [0.25, 0.3) is 0 Å². The van der Waals surface area contributed by atoms with Crippen molar-refractivity contribution in [1.29, 1.82) is 0 Å². The van der Waals surface area contributed by atoms with Crippen molar-refractivity contribution in [1.82, 2.24) is 4.98 Å². The molecule has 7 heteroatoms. The first-order valence-electron chi connectivity index (χ1n) is 11.6. The summed E-state index contributed by atoms with van der Waals surface area (Å²) < 4.78 is 32.6. The molecular formula is C26H37N3O3S. The zero-order valence-electron chi connectivity index (χ0n) is 20.6. The number of hydrogen-bond donors (Lipinski definition) is 1. The summed E-state index contributed by atoms with van der Waals surface area (Å²) in [6.07, 6.45) is 11.8. The molecule has 6 nitrogen and oxygen atoms in total. The first-order chi connectivity index (χ1) is 15.4. The van der Waals surface area contributed by atoms with E-state index in [1.54, 1.807) is 6.20 Å². The Morgan fingerprint density at radius 2 is 2.06 bits per heavy atom. The second-order valence-electron chi connectivity index (χ2n) is 9.64. The fourth-order valence-corrected chi connectivity index (χ4v) is 4.98. The predicted molar refractivity (Wildman–Crippen MR) is 136 cm³/mol. The van der Waals surface area contributed by atoms with Crippen LogP contribution in [0.5, 0.6) is 0 Å². The number of benzene rings is 1. The van der Waals surface area contributed by atoms with Crippen LogP contribution in [-0.2, 0) is 15.6 Å². The summed E-state index contributed by atoms with van der Waals surface area (Å²) in [4.78, 5) is 4.50. The minimum atomic E-state index is -3.43. The van der Waals surface area contributed by atoms with Crippen molar-refractivity contribution in [3.05, 3.63) is 53.4 Å². The Bertz CT molecular complexity index is 1150. The van der Waals surface area contributed by atoms with Gasteiger partial charge in [-0.3, -0.25) is 4.31 Å². The average Bonchev–Trinajstić information content (AvgIpc) is 3.22. The number of anilines is 1. The zero-order chi connectivity index (χ0) is 24.4. The van der Waals surface area contributed by atoms with Crippen molar-refractivity contribution in [3.63, 3.8) is 0 Å². The molecule has 0 bridgehead atoms. The quantitative estimate of drug-likeness (QED) is 0.448. The normalized spacial score (nSPS) is 20.8. The third kappa shape index (κ3) is 6.36. The molecule has 2 N–H and O–H groups in total. The molecule has 2 aromatic rings. The Labute approximate surface area is 198 Å². The van der Waals surface area contributed by atoms with Crippen molar-refractivity contribution in [2.75, 3.05) is 17.1 Å².